The summed E-state index contributed by atoms with van der Waals surface area (Å²) in [5, 5.41) is 2.50. The first kappa shape index (κ1) is 16.2. The Morgan fingerprint density at radius 2 is 1.95 bits per heavy atom. The minimum Gasteiger partial charge on any atom is -0.466 e. The van der Waals surface area contributed by atoms with Crippen molar-refractivity contribution in [1.82, 2.24) is 5.32 Å². The maximum atomic E-state index is 13.5. The summed E-state index contributed by atoms with van der Waals surface area (Å²) in [4.78, 5) is 11.6. The van der Waals surface area contributed by atoms with Gasteiger partial charge in [0.05, 0.1) is 11.3 Å². The highest BCUT2D eigenvalue weighted by molar-refractivity contribution is 7.91. The molecule has 0 unspecified atom stereocenters. The zero-order valence-electron chi connectivity index (χ0n) is 12.2. The van der Waals surface area contributed by atoms with Crippen LogP contribution in [0, 0.1) is 19.7 Å². The van der Waals surface area contributed by atoms with Crippen LogP contribution in [0.3, 0.4) is 0 Å². The summed E-state index contributed by atoms with van der Waals surface area (Å²) in [7, 11) is -3.79. The average molecular weight is 325 g/mol. The number of halogens is 1. The molecule has 22 heavy (non-hydrogen) atoms. The zero-order chi connectivity index (χ0) is 16.3. The van der Waals surface area contributed by atoms with Gasteiger partial charge < -0.3 is 9.73 Å². The molecule has 0 bridgehead atoms. The summed E-state index contributed by atoms with van der Waals surface area (Å²) < 4.78 is 42.8. The predicted molar refractivity (Wildman–Crippen MR) is 79.0 cm³/mol. The minimum atomic E-state index is -3.79. The van der Waals surface area contributed by atoms with Crippen molar-refractivity contribution in [2.75, 3.05) is 12.3 Å². The van der Waals surface area contributed by atoms with Crippen LogP contribution in [0.4, 0.5) is 4.39 Å². The molecule has 0 aliphatic heterocycles. The van der Waals surface area contributed by atoms with Gasteiger partial charge in [0.25, 0.3) is 5.91 Å². The van der Waals surface area contributed by atoms with Crippen molar-refractivity contribution in [3.8, 4) is 0 Å². The van der Waals surface area contributed by atoms with E-state index in [2.05, 4.69) is 5.32 Å². The van der Waals surface area contributed by atoms with Crippen molar-refractivity contribution in [3.63, 3.8) is 0 Å². The molecular formula is C15H16FNO4S. The summed E-state index contributed by atoms with van der Waals surface area (Å²) in [6.07, 6.45) is 0. The number of hydrogen-bond acceptors (Lipinski definition) is 4. The third-order valence-corrected chi connectivity index (χ3v) is 4.86. The molecule has 0 fully saturated rings. The molecule has 0 spiro atoms. The first-order chi connectivity index (χ1) is 10.3. The van der Waals surface area contributed by atoms with E-state index in [4.69, 9.17) is 4.42 Å². The van der Waals surface area contributed by atoms with E-state index >= 15 is 0 Å². The molecule has 0 saturated carbocycles. The Morgan fingerprint density at radius 1 is 1.27 bits per heavy atom. The predicted octanol–water partition coefficient (Wildman–Crippen LogP) is 2.24. The molecule has 1 amide bonds. The Bertz CT molecular complexity index is 796. The van der Waals surface area contributed by atoms with Gasteiger partial charge in [-0.25, -0.2) is 12.8 Å². The Hall–Kier alpha value is -2.15. The topological polar surface area (TPSA) is 76.4 Å². The highest BCUT2D eigenvalue weighted by Gasteiger charge is 2.19. The summed E-state index contributed by atoms with van der Waals surface area (Å²) >= 11 is 0. The lowest BCUT2D eigenvalue weighted by atomic mass is 10.2. The van der Waals surface area contributed by atoms with Gasteiger partial charge >= 0.3 is 0 Å². The Balaban J connectivity index is 2.00. The largest absolute Gasteiger partial charge is 0.466 e. The number of benzene rings is 1. The fraction of sp³-hybridized carbons (Fsp3) is 0.267. The van der Waals surface area contributed by atoms with Crippen LogP contribution in [0.2, 0.25) is 0 Å². The van der Waals surface area contributed by atoms with Gasteiger partial charge in [0.1, 0.15) is 22.2 Å². The van der Waals surface area contributed by atoms with Gasteiger partial charge in [-0.15, -0.1) is 0 Å². The second-order valence-corrected chi connectivity index (χ2v) is 6.91. The van der Waals surface area contributed by atoms with Crippen LogP contribution in [0.15, 0.2) is 39.6 Å². The molecule has 0 radical (unpaired) electrons. The van der Waals surface area contributed by atoms with Gasteiger partial charge in [-0.3, -0.25) is 4.79 Å². The molecule has 1 aromatic carbocycles. The first-order valence-corrected chi connectivity index (χ1v) is 8.29. The van der Waals surface area contributed by atoms with Crippen LogP contribution >= 0.6 is 0 Å². The molecule has 2 aromatic rings. The molecular weight excluding hydrogens is 309 g/mol. The van der Waals surface area contributed by atoms with E-state index in [9.17, 15) is 17.6 Å². The number of furan rings is 1. The fourth-order valence-electron chi connectivity index (χ4n) is 2.06. The number of carbonyl (C=O) groups is 1. The lowest BCUT2D eigenvalue weighted by Crippen LogP contribution is -2.29. The molecule has 5 nitrogen and oxygen atoms in total. The molecule has 1 heterocycles. The maximum Gasteiger partial charge on any atom is 0.254 e. The van der Waals surface area contributed by atoms with E-state index in [-0.39, 0.29) is 17.2 Å². The highest BCUT2D eigenvalue weighted by atomic mass is 32.2. The first-order valence-electron chi connectivity index (χ1n) is 6.64. The number of amides is 1. The van der Waals surface area contributed by atoms with E-state index in [0.717, 1.165) is 6.07 Å². The summed E-state index contributed by atoms with van der Waals surface area (Å²) in [5.74, 6) is -0.531. The quantitative estimate of drug-likeness (QED) is 0.914. The Labute approximate surface area is 128 Å². The maximum absolute atomic E-state index is 13.5. The van der Waals surface area contributed by atoms with Crippen molar-refractivity contribution >= 4 is 15.7 Å². The smallest absolute Gasteiger partial charge is 0.254 e. The van der Waals surface area contributed by atoms with Gasteiger partial charge in [-0.1, -0.05) is 12.1 Å². The van der Waals surface area contributed by atoms with Crippen LogP contribution in [-0.2, 0) is 9.84 Å². The van der Waals surface area contributed by atoms with Crippen LogP contribution < -0.4 is 5.32 Å². The molecule has 2 rings (SSSR count). The SMILES string of the molecule is Cc1cc(C(=O)NCCS(=O)(=O)c2ccccc2F)c(C)o1. The van der Waals surface area contributed by atoms with Crippen molar-refractivity contribution in [2.45, 2.75) is 18.7 Å². The summed E-state index contributed by atoms with van der Waals surface area (Å²) in [6.45, 7) is 3.25. The summed E-state index contributed by atoms with van der Waals surface area (Å²) in [6, 6.07) is 6.74. The average Bonchev–Trinajstić information content (AvgIpc) is 2.77. The van der Waals surface area contributed by atoms with E-state index in [1.807, 2.05) is 0 Å². The van der Waals surface area contributed by atoms with E-state index in [0.29, 0.717) is 17.1 Å². The molecule has 7 heteroatoms. The molecule has 0 aliphatic carbocycles. The third-order valence-electron chi connectivity index (χ3n) is 3.11. The van der Waals surface area contributed by atoms with Gasteiger partial charge in [-0.05, 0) is 32.0 Å². The van der Waals surface area contributed by atoms with Crippen molar-refractivity contribution in [2.24, 2.45) is 0 Å². The van der Waals surface area contributed by atoms with Crippen molar-refractivity contribution in [3.05, 3.63) is 53.2 Å². The van der Waals surface area contributed by atoms with Gasteiger partial charge in [-0.2, -0.15) is 0 Å². The Morgan fingerprint density at radius 3 is 2.55 bits per heavy atom. The number of carbonyl (C=O) groups excluding carboxylic acids is 1. The number of nitrogens with one attached hydrogen (secondary N) is 1. The Kier molecular flexibility index (Phi) is 4.65. The molecule has 118 valence electrons. The number of rotatable bonds is 5. The van der Waals surface area contributed by atoms with E-state index in [1.165, 1.54) is 18.2 Å². The van der Waals surface area contributed by atoms with Gasteiger partial charge in [0.15, 0.2) is 9.84 Å². The standard InChI is InChI=1S/C15H16FNO4S/c1-10-9-12(11(2)21-10)15(18)17-7-8-22(19,20)14-6-4-3-5-13(14)16/h3-6,9H,7-8H2,1-2H3,(H,17,18). The lowest BCUT2D eigenvalue weighted by Gasteiger charge is -2.07. The zero-order valence-corrected chi connectivity index (χ0v) is 13.0. The fourth-order valence-corrected chi connectivity index (χ4v) is 3.30. The van der Waals surface area contributed by atoms with Gasteiger partial charge in [0.2, 0.25) is 0 Å². The number of aryl methyl sites for hydroxylation is 2. The van der Waals surface area contributed by atoms with Crippen LogP contribution in [0.25, 0.3) is 0 Å². The minimum absolute atomic E-state index is 0.112. The number of sulfone groups is 1. The van der Waals surface area contributed by atoms with Gasteiger partial charge in [0, 0.05) is 6.54 Å². The number of hydrogen-bond donors (Lipinski definition) is 1. The van der Waals surface area contributed by atoms with E-state index < -0.39 is 21.6 Å². The molecule has 1 N–H and O–H groups in total. The monoisotopic (exact) mass is 325 g/mol. The third kappa shape index (κ3) is 3.54. The van der Waals surface area contributed by atoms with E-state index in [1.54, 1.807) is 19.9 Å². The molecule has 1 aromatic heterocycles. The van der Waals surface area contributed by atoms with Crippen LogP contribution in [0.5, 0.6) is 0 Å². The highest BCUT2D eigenvalue weighted by Crippen LogP contribution is 2.15. The summed E-state index contributed by atoms with van der Waals surface area (Å²) in [5.41, 5.74) is 0.362. The normalized spacial score (nSPS) is 11.4. The molecule has 0 saturated heterocycles. The molecule has 0 atom stereocenters. The second-order valence-electron chi connectivity index (χ2n) is 4.83. The molecule has 0 aliphatic rings. The van der Waals surface area contributed by atoms with Crippen LogP contribution in [0.1, 0.15) is 21.9 Å². The van der Waals surface area contributed by atoms with Crippen molar-refractivity contribution in [1.29, 1.82) is 0 Å². The van der Waals surface area contributed by atoms with Crippen molar-refractivity contribution < 1.29 is 22.0 Å². The lowest BCUT2D eigenvalue weighted by molar-refractivity contribution is 0.0954. The second kappa shape index (κ2) is 6.31. The van der Waals surface area contributed by atoms with Crippen LogP contribution in [-0.4, -0.2) is 26.6 Å².